The predicted molar refractivity (Wildman–Crippen MR) is 101 cm³/mol. The Kier molecular flexibility index (Phi) is 6.44. The maximum Gasteiger partial charge on any atom is 0.326 e. The Morgan fingerprint density at radius 1 is 1.44 bits per heavy atom. The highest BCUT2D eigenvalue weighted by Crippen LogP contribution is 2.35. The van der Waals surface area contributed by atoms with E-state index >= 15 is 0 Å². The lowest BCUT2D eigenvalue weighted by Crippen LogP contribution is -2.41. The number of rotatable bonds is 7. The van der Waals surface area contributed by atoms with Gasteiger partial charge < -0.3 is 14.6 Å². The summed E-state index contributed by atoms with van der Waals surface area (Å²) in [4.78, 5) is 25.1. The summed E-state index contributed by atoms with van der Waals surface area (Å²) in [6, 6.07) is 4.34. The Labute approximate surface area is 155 Å². The van der Waals surface area contributed by atoms with Gasteiger partial charge in [-0.15, -0.1) is 0 Å². The molecular weight excluding hydrogens is 362 g/mol. The second-order valence-corrected chi connectivity index (χ2v) is 7.00. The Morgan fingerprint density at radius 2 is 2.16 bits per heavy atom. The molecule has 2 rings (SSSR count). The molecule has 0 radical (unpaired) electrons. The minimum absolute atomic E-state index is 0.237. The molecule has 1 aliphatic rings. The number of carboxylic acids is 1. The molecule has 1 saturated heterocycles. The number of thioether (sulfide) groups is 1. The molecule has 0 aliphatic carbocycles. The second-order valence-electron chi connectivity index (χ2n) is 5.32. The molecule has 1 atom stereocenters. The van der Waals surface area contributed by atoms with Crippen LogP contribution < -0.4 is 9.47 Å². The van der Waals surface area contributed by atoms with Gasteiger partial charge in [0.2, 0.25) is 0 Å². The monoisotopic (exact) mass is 381 g/mol. The third kappa shape index (κ3) is 4.32. The van der Waals surface area contributed by atoms with Crippen molar-refractivity contribution < 1.29 is 24.2 Å². The molecule has 25 heavy (non-hydrogen) atoms. The number of amides is 1. The summed E-state index contributed by atoms with van der Waals surface area (Å²) in [7, 11) is 1.55. The first kappa shape index (κ1) is 19.3. The SMILES string of the molecule is CCCOc1ccc(/C=C2/SC(=S)N([C@H](C)C(=O)O)C2=O)cc1OC. The van der Waals surface area contributed by atoms with Crippen molar-refractivity contribution in [2.75, 3.05) is 13.7 Å². The van der Waals surface area contributed by atoms with Gasteiger partial charge >= 0.3 is 5.97 Å². The van der Waals surface area contributed by atoms with E-state index in [1.54, 1.807) is 31.4 Å². The predicted octanol–water partition coefficient (Wildman–Crippen LogP) is 3.16. The average Bonchev–Trinajstić information content (AvgIpc) is 2.86. The summed E-state index contributed by atoms with van der Waals surface area (Å²) in [6.45, 7) is 4.03. The van der Waals surface area contributed by atoms with Gasteiger partial charge in [-0.05, 0) is 37.1 Å². The van der Waals surface area contributed by atoms with Gasteiger partial charge in [-0.2, -0.15) is 0 Å². The first-order valence-electron chi connectivity index (χ1n) is 7.69. The molecule has 0 spiro atoms. The third-order valence-electron chi connectivity index (χ3n) is 3.52. The van der Waals surface area contributed by atoms with E-state index in [9.17, 15) is 9.59 Å². The maximum atomic E-state index is 12.5. The van der Waals surface area contributed by atoms with Crippen molar-refractivity contribution >= 4 is 46.3 Å². The van der Waals surface area contributed by atoms with E-state index in [0.29, 0.717) is 23.0 Å². The molecule has 6 nitrogen and oxygen atoms in total. The zero-order valence-electron chi connectivity index (χ0n) is 14.1. The largest absolute Gasteiger partial charge is 0.493 e. The molecule has 1 aromatic carbocycles. The molecule has 1 aliphatic heterocycles. The Bertz CT molecular complexity index is 732. The van der Waals surface area contributed by atoms with Crippen LogP contribution in [0.25, 0.3) is 6.08 Å². The molecule has 1 heterocycles. The van der Waals surface area contributed by atoms with Gasteiger partial charge in [0.15, 0.2) is 11.5 Å². The summed E-state index contributed by atoms with van der Waals surface area (Å²) >= 11 is 6.23. The molecule has 8 heteroatoms. The number of methoxy groups -OCH3 is 1. The van der Waals surface area contributed by atoms with E-state index in [-0.39, 0.29) is 4.32 Å². The molecule has 1 amide bonds. The standard InChI is InChI=1S/C17H19NO5S2/c1-4-7-23-12-6-5-11(8-13(12)22-3)9-14-15(19)18(17(24)25-14)10(2)16(20)21/h5-6,8-10H,4,7H2,1-3H3,(H,20,21)/b14-9+/t10-/m1/s1. The van der Waals surface area contributed by atoms with Crippen LogP contribution in [0.1, 0.15) is 25.8 Å². The maximum absolute atomic E-state index is 12.5. The van der Waals surface area contributed by atoms with E-state index < -0.39 is 17.9 Å². The quantitative estimate of drug-likeness (QED) is 0.574. The fraction of sp³-hybridized carbons (Fsp3) is 0.353. The lowest BCUT2D eigenvalue weighted by molar-refractivity contribution is -0.144. The van der Waals surface area contributed by atoms with Crippen molar-refractivity contribution in [3.05, 3.63) is 28.7 Å². The summed E-state index contributed by atoms with van der Waals surface area (Å²) in [5.41, 5.74) is 0.740. The van der Waals surface area contributed by atoms with E-state index in [0.717, 1.165) is 28.6 Å². The van der Waals surface area contributed by atoms with Crippen LogP contribution in [0.5, 0.6) is 11.5 Å². The van der Waals surface area contributed by atoms with E-state index in [4.69, 9.17) is 26.8 Å². The van der Waals surface area contributed by atoms with Crippen LogP contribution in [-0.4, -0.2) is 46.0 Å². The van der Waals surface area contributed by atoms with E-state index in [1.807, 2.05) is 6.92 Å². The van der Waals surface area contributed by atoms with Gasteiger partial charge in [0, 0.05) is 0 Å². The zero-order valence-corrected chi connectivity index (χ0v) is 15.8. The van der Waals surface area contributed by atoms with Crippen LogP contribution in [0.4, 0.5) is 0 Å². The van der Waals surface area contributed by atoms with Crippen molar-refractivity contribution in [2.24, 2.45) is 0 Å². The van der Waals surface area contributed by atoms with Gasteiger partial charge in [0.05, 0.1) is 18.6 Å². The molecule has 1 aromatic rings. The molecule has 0 unspecified atom stereocenters. The van der Waals surface area contributed by atoms with Crippen LogP contribution in [0.3, 0.4) is 0 Å². The van der Waals surface area contributed by atoms with Crippen LogP contribution >= 0.6 is 24.0 Å². The lowest BCUT2D eigenvalue weighted by atomic mass is 10.1. The van der Waals surface area contributed by atoms with Crippen LogP contribution in [0.2, 0.25) is 0 Å². The van der Waals surface area contributed by atoms with Gasteiger partial charge in [-0.3, -0.25) is 9.69 Å². The Hall–Kier alpha value is -2.06. The number of aliphatic carboxylic acids is 1. The topological polar surface area (TPSA) is 76.1 Å². The van der Waals surface area contributed by atoms with Crippen LogP contribution in [0, 0.1) is 0 Å². The molecule has 0 saturated carbocycles. The smallest absolute Gasteiger partial charge is 0.326 e. The van der Waals surface area contributed by atoms with Gasteiger partial charge in [0.25, 0.3) is 5.91 Å². The summed E-state index contributed by atoms with van der Waals surface area (Å²) in [6.07, 6.45) is 2.55. The highest BCUT2D eigenvalue weighted by Gasteiger charge is 2.38. The number of carbonyl (C=O) groups excluding carboxylic acids is 1. The van der Waals surface area contributed by atoms with E-state index in [2.05, 4.69) is 0 Å². The number of carboxylic acid groups (broad SMARTS) is 1. The molecule has 0 bridgehead atoms. The number of hydrogen-bond donors (Lipinski definition) is 1. The van der Waals surface area contributed by atoms with E-state index in [1.165, 1.54) is 6.92 Å². The lowest BCUT2D eigenvalue weighted by Gasteiger charge is -2.18. The Balaban J connectivity index is 2.27. The van der Waals surface area contributed by atoms with Gasteiger partial charge in [0.1, 0.15) is 10.4 Å². The summed E-state index contributed by atoms with van der Waals surface area (Å²) < 4.78 is 11.2. The van der Waals surface area contributed by atoms with Crippen molar-refractivity contribution in [3.8, 4) is 11.5 Å². The van der Waals surface area contributed by atoms with Crippen molar-refractivity contribution in [1.29, 1.82) is 0 Å². The minimum Gasteiger partial charge on any atom is -0.493 e. The number of ether oxygens (including phenoxy) is 2. The van der Waals surface area contributed by atoms with Crippen molar-refractivity contribution in [3.63, 3.8) is 0 Å². The highest BCUT2D eigenvalue weighted by molar-refractivity contribution is 8.26. The third-order valence-corrected chi connectivity index (χ3v) is 4.85. The highest BCUT2D eigenvalue weighted by atomic mass is 32.2. The summed E-state index contributed by atoms with van der Waals surface area (Å²) in [5, 5.41) is 9.11. The molecular formula is C17H19NO5S2. The number of hydrogen-bond acceptors (Lipinski definition) is 6. The average molecular weight is 381 g/mol. The normalized spacial score (nSPS) is 17.1. The first-order chi connectivity index (χ1) is 11.9. The fourth-order valence-corrected chi connectivity index (χ4v) is 3.60. The zero-order chi connectivity index (χ0) is 18.6. The number of thiocarbonyl (C=S) groups is 1. The van der Waals surface area contributed by atoms with Gasteiger partial charge in [-0.25, -0.2) is 4.79 Å². The van der Waals surface area contributed by atoms with Crippen molar-refractivity contribution in [2.45, 2.75) is 26.3 Å². The van der Waals surface area contributed by atoms with Gasteiger partial charge in [-0.1, -0.05) is 37.0 Å². The fourth-order valence-electron chi connectivity index (χ4n) is 2.18. The Morgan fingerprint density at radius 3 is 2.76 bits per heavy atom. The van der Waals surface area contributed by atoms with Crippen LogP contribution in [-0.2, 0) is 9.59 Å². The number of benzene rings is 1. The molecule has 134 valence electrons. The number of nitrogens with zero attached hydrogens (tertiary/aromatic N) is 1. The summed E-state index contributed by atoms with van der Waals surface area (Å²) in [5.74, 6) is -0.308. The molecule has 0 aromatic heterocycles. The molecule has 1 N–H and O–H groups in total. The molecule has 1 fully saturated rings. The first-order valence-corrected chi connectivity index (χ1v) is 8.92. The minimum atomic E-state index is -1.10. The van der Waals surface area contributed by atoms with Crippen molar-refractivity contribution in [1.82, 2.24) is 4.90 Å². The van der Waals surface area contributed by atoms with Crippen LogP contribution in [0.15, 0.2) is 23.1 Å². The number of carbonyl (C=O) groups is 2. The second kappa shape index (κ2) is 8.35.